The molecule has 2 fully saturated rings. The highest BCUT2D eigenvalue weighted by molar-refractivity contribution is 5.74. The van der Waals surface area contributed by atoms with Crippen molar-refractivity contribution in [2.24, 2.45) is 0 Å². The number of aryl methyl sites for hydroxylation is 1. The number of nitrogens with zero attached hydrogens (tertiary/aromatic N) is 4. The molecule has 0 bridgehead atoms. The van der Waals surface area contributed by atoms with Crippen LogP contribution < -0.4 is 4.74 Å². The molecule has 1 aromatic rings. The van der Waals surface area contributed by atoms with Crippen LogP contribution >= 0.6 is 0 Å². The SMILES string of the molecule is Cc1ccc(O[C@@H]2CCCN(C(=O)N3CCOCC3)C2)nn1. The Kier molecular flexibility index (Phi) is 4.72. The second-order valence-electron chi connectivity index (χ2n) is 5.72. The molecule has 1 atom stereocenters. The largest absolute Gasteiger partial charge is 0.471 e. The topological polar surface area (TPSA) is 67.8 Å². The Morgan fingerprint density at radius 1 is 1.23 bits per heavy atom. The molecule has 7 heteroatoms. The summed E-state index contributed by atoms with van der Waals surface area (Å²) in [5, 5.41) is 8.02. The number of hydrogen-bond donors (Lipinski definition) is 0. The van der Waals surface area contributed by atoms with E-state index in [4.69, 9.17) is 9.47 Å². The fraction of sp³-hybridized carbons (Fsp3) is 0.667. The van der Waals surface area contributed by atoms with Gasteiger partial charge in [-0.3, -0.25) is 0 Å². The van der Waals surface area contributed by atoms with Crippen molar-refractivity contribution in [2.75, 3.05) is 39.4 Å². The fourth-order valence-electron chi connectivity index (χ4n) is 2.78. The van der Waals surface area contributed by atoms with Crippen LogP contribution in [-0.2, 0) is 4.74 Å². The zero-order chi connectivity index (χ0) is 15.4. The molecule has 0 spiro atoms. The van der Waals surface area contributed by atoms with Crippen LogP contribution in [0.5, 0.6) is 5.88 Å². The van der Waals surface area contributed by atoms with Gasteiger partial charge in [0.15, 0.2) is 0 Å². The number of amides is 2. The number of rotatable bonds is 2. The summed E-state index contributed by atoms with van der Waals surface area (Å²) in [6, 6.07) is 3.79. The van der Waals surface area contributed by atoms with E-state index >= 15 is 0 Å². The first-order valence-electron chi connectivity index (χ1n) is 7.81. The quantitative estimate of drug-likeness (QED) is 0.818. The molecule has 22 heavy (non-hydrogen) atoms. The molecule has 2 aliphatic heterocycles. The third-order valence-electron chi connectivity index (χ3n) is 3.99. The maximum absolute atomic E-state index is 12.5. The van der Waals surface area contributed by atoms with Gasteiger partial charge in [-0.25, -0.2) is 4.79 Å². The standard InChI is InChI=1S/C15H22N4O3/c1-12-4-5-14(17-16-12)22-13-3-2-6-19(11-13)15(20)18-7-9-21-10-8-18/h4-5,13H,2-3,6-11H2,1H3/t13-/m1/s1. The first-order chi connectivity index (χ1) is 10.7. The van der Waals surface area contributed by atoms with E-state index in [2.05, 4.69) is 10.2 Å². The van der Waals surface area contributed by atoms with Crippen molar-refractivity contribution in [1.29, 1.82) is 0 Å². The number of piperidine rings is 1. The van der Waals surface area contributed by atoms with Gasteiger partial charge in [-0.05, 0) is 25.8 Å². The zero-order valence-electron chi connectivity index (χ0n) is 12.9. The summed E-state index contributed by atoms with van der Waals surface area (Å²) in [5.74, 6) is 0.524. The van der Waals surface area contributed by atoms with Crippen LogP contribution in [0.2, 0.25) is 0 Å². The number of likely N-dealkylation sites (tertiary alicyclic amines) is 1. The molecule has 0 unspecified atom stereocenters. The normalized spacial score (nSPS) is 22.5. The lowest BCUT2D eigenvalue weighted by atomic mass is 10.1. The van der Waals surface area contributed by atoms with Gasteiger partial charge in [0, 0.05) is 25.7 Å². The minimum atomic E-state index is -0.0178. The van der Waals surface area contributed by atoms with Crippen LogP contribution in [0.4, 0.5) is 4.79 Å². The number of morpholine rings is 1. The minimum absolute atomic E-state index is 0.0178. The molecule has 0 saturated carbocycles. The highest BCUT2D eigenvalue weighted by atomic mass is 16.5. The maximum Gasteiger partial charge on any atom is 0.320 e. The second-order valence-corrected chi connectivity index (χ2v) is 5.72. The van der Waals surface area contributed by atoms with Crippen LogP contribution in [0.1, 0.15) is 18.5 Å². The first-order valence-corrected chi connectivity index (χ1v) is 7.81. The third kappa shape index (κ3) is 3.65. The molecular weight excluding hydrogens is 284 g/mol. The van der Waals surface area contributed by atoms with E-state index in [0.29, 0.717) is 38.7 Å². The Balaban J connectivity index is 1.56. The summed E-state index contributed by atoms with van der Waals surface area (Å²) in [4.78, 5) is 16.2. The summed E-state index contributed by atoms with van der Waals surface area (Å²) in [6.07, 6.45) is 1.86. The number of aromatic nitrogens is 2. The van der Waals surface area contributed by atoms with Crippen LogP contribution in [0.15, 0.2) is 12.1 Å². The van der Waals surface area contributed by atoms with Gasteiger partial charge in [0.05, 0.1) is 25.5 Å². The summed E-state index contributed by atoms with van der Waals surface area (Å²) >= 11 is 0. The molecule has 0 aliphatic carbocycles. The minimum Gasteiger partial charge on any atom is -0.471 e. The van der Waals surface area contributed by atoms with Gasteiger partial charge in [-0.15, -0.1) is 5.10 Å². The molecule has 2 amide bonds. The van der Waals surface area contributed by atoms with Crippen molar-refractivity contribution in [3.63, 3.8) is 0 Å². The van der Waals surface area contributed by atoms with Crippen LogP contribution in [0, 0.1) is 6.92 Å². The molecule has 0 aromatic carbocycles. The smallest absolute Gasteiger partial charge is 0.320 e. The molecule has 1 aromatic heterocycles. The van der Waals surface area contributed by atoms with Crippen molar-refractivity contribution in [3.05, 3.63) is 17.8 Å². The lowest BCUT2D eigenvalue weighted by molar-refractivity contribution is 0.0324. The predicted molar refractivity (Wildman–Crippen MR) is 79.8 cm³/mol. The second kappa shape index (κ2) is 6.91. The van der Waals surface area contributed by atoms with E-state index in [1.165, 1.54) is 0 Å². The molecule has 120 valence electrons. The van der Waals surface area contributed by atoms with Gasteiger partial charge in [0.1, 0.15) is 6.10 Å². The van der Waals surface area contributed by atoms with Gasteiger partial charge in [-0.1, -0.05) is 0 Å². The van der Waals surface area contributed by atoms with E-state index in [1.54, 1.807) is 0 Å². The van der Waals surface area contributed by atoms with Crippen molar-refractivity contribution < 1.29 is 14.3 Å². The first kappa shape index (κ1) is 15.0. The van der Waals surface area contributed by atoms with Gasteiger partial charge in [-0.2, -0.15) is 5.10 Å². The fourth-order valence-corrected chi connectivity index (χ4v) is 2.78. The summed E-state index contributed by atoms with van der Waals surface area (Å²) < 4.78 is 11.2. The lowest BCUT2D eigenvalue weighted by Gasteiger charge is -2.37. The van der Waals surface area contributed by atoms with E-state index < -0.39 is 0 Å². The molecule has 7 nitrogen and oxygen atoms in total. The summed E-state index contributed by atoms with van der Waals surface area (Å²) in [6.45, 7) is 5.87. The van der Waals surface area contributed by atoms with Gasteiger partial charge < -0.3 is 19.3 Å². The van der Waals surface area contributed by atoms with Crippen molar-refractivity contribution >= 4 is 6.03 Å². The molecule has 3 heterocycles. The molecule has 2 aliphatic rings. The van der Waals surface area contributed by atoms with E-state index in [1.807, 2.05) is 28.9 Å². The number of carbonyl (C=O) groups excluding carboxylic acids is 1. The van der Waals surface area contributed by atoms with Crippen LogP contribution in [0.3, 0.4) is 0 Å². The summed E-state index contributed by atoms with van der Waals surface area (Å²) in [5.41, 5.74) is 0.861. The van der Waals surface area contributed by atoms with Crippen molar-refractivity contribution in [2.45, 2.75) is 25.9 Å². The van der Waals surface area contributed by atoms with Crippen molar-refractivity contribution in [3.8, 4) is 5.88 Å². The highest BCUT2D eigenvalue weighted by Crippen LogP contribution is 2.18. The van der Waals surface area contributed by atoms with Crippen LogP contribution in [-0.4, -0.2) is 71.5 Å². The Hall–Kier alpha value is -1.89. The predicted octanol–water partition coefficient (Wildman–Crippen LogP) is 1.08. The molecule has 2 saturated heterocycles. The monoisotopic (exact) mass is 306 g/mol. The van der Waals surface area contributed by atoms with Crippen molar-refractivity contribution in [1.82, 2.24) is 20.0 Å². The maximum atomic E-state index is 12.5. The van der Waals surface area contributed by atoms with E-state index in [0.717, 1.165) is 25.1 Å². The average Bonchev–Trinajstić information content (AvgIpc) is 2.57. The van der Waals surface area contributed by atoms with Gasteiger partial charge >= 0.3 is 6.03 Å². The summed E-state index contributed by atoms with van der Waals surface area (Å²) in [7, 11) is 0. The molecular formula is C15H22N4O3. The van der Waals surface area contributed by atoms with Crippen LogP contribution in [0.25, 0.3) is 0 Å². The highest BCUT2D eigenvalue weighted by Gasteiger charge is 2.29. The van der Waals surface area contributed by atoms with E-state index in [9.17, 15) is 4.79 Å². The number of urea groups is 1. The lowest BCUT2D eigenvalue weighted by Crippen LogP contribution is -2.52. The Bertz CT molecular complexity index is 502. The molecule has 0 N–H and O–H groups in total. The Morgan fingerprint density at radius 2 is 2.05 bits per heavy atom. The number of hydrogen-bond acceptors (Lipinski definition) is 5. The Labute approximate surface area is 130 Å². The number of ether oxygens (including phenoxy) is 2. The zero-order valence-corrected chi connectivity index (χ0v) is 12.9. The van der Waals surface area contributed by atoms with Gasteiger partial charge in [0.25, 0.3) is 0 Å². The Morgan fingerprint density at radius 3 is 2.77 bits per heavy atom. The number of carbonyl (C=O) groups is 1. The molecule has 3 rings (SSSR count). The third-order valence-corrected chi connectivity index (χ3v) is 3.99. The molecule has 0 radical (unpaired) electrons. The average molecular weight is 306 g/mol. The van der Waals surface area contributed by atoms with Gasteiger partial charge in [0.2, 0.25) is 5.88 Å². The van der Waals surface area contributed by atoms with E-state index in [-0.39, 0.29) is 12.1 Å².